The number of fused-ring (bicyclic) bond motifs is 1. The molecule has 1 aromatic carbocycles. The lowest BCUT2D eigenvalue weighted by Crippen LogP contribution is -2.51. The Morgan fingerprint density at radius 1 is 1.09 bits per heavy atom. The predicted octanol–water partition coefficient (Wildman–Crippen LogP) is 7.73. The van der Waals surface area contributed by atoms with Gasteiger partial charge in [0.2, 0.25) is 0 Å². The Kier molecular flexibility index (Phi) is 8.17. The summed E-state index contributed by atoms with van der Waals surface area (Å²) in [5, 5.41) is 4.50. The van der Waals surface area contributed by atoms with E-state index in [-0.39, 0.29) is 0 Å². The lowest BCUT2D eigenvalue weighted by molar-refractivity contribution is 0.0636. The van der Waals surface area contributed by atoms with Gasteiger partial charge in [-0.1, -0.05) is 53.1 Å². The molecule has 0 aliphatic heterocycles. The van der Waals surface area contributed by atoms with Gasteiger partial charge >= 0.3 is 6.09 Å². The fourth-order valence-corrected chi connectivity index (χ4v) is 12.4. The Morgan fingerprint density at radius 3 is 2.06 bits per heavy atom. The summed E-state index contributed by atoms with van der Waals surface area (Å²) < 4.78 is 8.12. The number of rotatable bonds is 7. The van der Waals surface area contributed by atoms with Gasteiger partial charge in [-0.25, -0.2) is 4.79 Å². The molecule has 0 bridgehead atoms. The van der Waals surface area contributed by atoms with Crippen molar-refractivity contribution in [2.75, 3.05) is 19.4 Å². The van der Waals surface area contributed by atoms with Crippen molar-refractivity contribution in [3.05, 3.63) is 28.9 Å². The van der Waals surface area contributed by atoms with E-state index in [1.807, 2.05) is 26.8 Å². The van der Waals surface area contributed by atoms with Crippen molar-refractivity contribution in [1.82, 2.24) is 9.13 Å². The summed E-state index contributed by atoms with van der Waals surface area (Å²) in [5.41, 5.74) is 3.98. The Bertz CT molecular complexity index is 936. The van der Waals surface area contributed by atoms with Gasteiger partial charge < -0.3 is 13.9 Å². The van der Waals surface area contributed by atoms with Gasteiger partial charge in [-0.05, 0) is 69.2 Å². The van der Waals surface area contributed by atoms with Gasteiger partial charge in [-0.3, -0.25) is 5.32 Å². The van der Waals surface area contributed by atoms with Crippen molar-refractivity contribution in [3.8, 4) is 0 Å². The van der Waals surface area contributed by atoms with E-state index in [0.717, 1.165) is 23.0 Å². The van der Waals surface area contributed by atoms with Crippen LogP contribution in [-0.4, -0.2) is 43.2 Å². The van der Waals surface area contributed by atoms with Crippen molar-refractivity contribution in [1.29, 1.82) is 0 Å². The molecule has 0 aliphatic carbocycles. The van der Waals surface area contributed by atoms with E-state index in [4.69, 9.17) is 16.3 Å². The van der Waals surface area contributed by atoms with E-state index < -0.39 is 19.9 Å². The zero-order valence-corrected chi connectivity index (χ0v) is 23.5. The molecule has 0 aliphatic rings. The van der Waals surface area contributed by atoms with Crippen LogP contribution < -0.4 is 5.32 Å². The molecule has 0 fully saturated rings. The van der Waals surface area contributed by atoms with Crippen LogP contribution in [0.1, 0.15) is 67.9 Å². The Labute approximate surface area is 200 Å². The lowest BCUT2D eigenvalue weighted by Gasteiger charge is -2.44. The van der Waals surface area contributed by atoms with Gasteiger partial charge in [0, 0.05) is 23.6 Å². The lowest BCUT2D eigenvalue weighted by atomic mass is 10.1. The number of benzene rings is 1. The van der Waals surface area contributed by atoms with Gasteiger partial charge in [0.05, 0.1) is 10.7 Å². The highest BCUT2D eigenvalue weighted by molar-refractivity contribution is 6.82. The molecule has 0 spiro atoms. The monoisotopic (exact) mass is 479 g/mol. The molecule has 0 saturated carbocycles. The van der Waals surface area contributed by atoms with Gasteiger partial charge in [0.1, 0.15) is 5.60 Å². The maximum absolute atomic E-state index is 12.7. The fraction of sp³-hybridized carbons (Fsp3) is 0.640. The minimum absolute atomic E-state index is 0.490. The second-order valence-corrected chi connectivity index (χ2v) is 17.2. The van der Waals surface area contributed by atoms with Gasteiger partial charge in [-0.15, -0.1) is 0 Å². The highest BCUT2D eigenvalue weighted by Crippen LogP contribution is 2.46. The molecule has 0 saturated heterocycles. The maximum Gasteiger partial charge on any atom is 0.412 e. The molecule has 180 valence electrons. The van der Waals surface area contributed by atoms with E-state index in [9.17, 15) is 4.79 Å². The first-order valence-electron chi connectivity index (χ1n) is 11.6. The Morgan fingerprint density at radius 2 is 1.62 bits per heavy atom. The molecule has 1 heterocycles. The molecule has 1 amide bonds. The van der Waals surface area contributed by atoms with Crippen molar-refractivity contribution in [2.45, 2.75) is 91.1 Å². The van der Waals surface area contributed by atoms with Gasteiger partial charge in [0.15, 0.2) is 8.24 Å². The third-order valence-corrected chi connectivity index (χ3v) is 13.4. The number of ether oxygens (including phenoxy) is 1. The van der Waals surface area contributed by atoms with Crippen LogP contribution in [0.15, 0.2) is 18.3 Å². The number of hydrogen-bond donors (Lipinski definition) is 1. The van der Waals surface area contributed by atoms with Crippen molar-refractivity contribution >= 4 is 42.5 Å². The van der Waals surface area contributed by atoms with E-state index in [0.29, 0.717) is 27.3 Å². The summed E-state index contributed by atoms with van der Waals surface area (Å²) in [4.78, 5) is 14.8. The first kappa shape index (κ1) is 26.7. The molecule has 5 nitrogen and oxygen atoms in total. The van der Waals surface area contributed by atoms with Crippen molar-refractivity contribution in [2.24, 2.45) is 0 Å². The Hall–Kier alpha value is -1.50. The van der Waals surface area contributed by atoms with E-state index in [2.05, 4.69) is 82.4 Å². The fourth-order valence-electron chi connectivity index (χ4n) is 5.53. The second-order valence-electron chi connectivity index (χ2n) is 11.1. The largest absolute Gasteiger partial charge is 0.444 e. The molecule has 0 atom stereocenters. The molecular weight excluding hydrogens is 438 g/mol. The third kappa shape index (κ3) is 5.18. The van der Waals surface area contributed by atoms with Gasteiger partial charge in [-0.2, -0.15) is 0 Å². The summed E-state index contributed by atoms with van der Waals surface area (Å²) >= 11 is 6.66. The van der Waals surface area contributed by atoms with Crippen LogP contribution in [0.4, 0.5) is 10.5 Å². The van der Waals surface area contributed by atoms with Crippen LogP contribution >= 0.6 is 11.6 Å². The first-order chi connectivity index (χ1) is 14.6. The first-order valence-corrected chi connectivity index (χ1v) is 14.2. The Balaban J connectivity index is 2.86. The summed E-state index contributed by atoms with van der Waals surface area (Å²) in [6.07, 6.45) is 1.84. The topological polar surface area (TPSA) is 46.5 Å². The number of hydrogen-bond acceptors (Lipinski definition) is 3. The molecule has 32 heavy (non-hydrogen) atoms. The normalized spacial score (nSPS) is 13.1. The maximum atomic E-state index is 12.7. The zero-order valence-electron chi connectivity index (χ0n) is 21.8. The van der Waals surface area contributed by atoms with Crippen molar-refractivity contribution < 1.29 is 9.53 Å². The van der Waals surface area contributed by atoms with Crippen molar-refractivity contribution in [3.63, 3.8) is 0 Å². The number of amides is 1. The summed E-state index contributed by atoms with van der Waals surface area (Å²) in [6, 6.07) is 4.01. The van der Waals surface area contributed by atoms with E-state index in [1.54, 1.807) is 0 Å². The van der Waals surface area contributed by atoms with Crippen LogP contribution in [0.25, 0.3) is 10.9 Å². The summed E-state index contributed by atoms with van der Waals surface area (Å²) in [6.45, 7) is 20.5. The van der Waals surface area contributed by atoms with Crippen LogP contribution in [0.2, 0.25) is 21.6 Å². The smallest absolute Gasteiger partial charge is 0.412 e. The van der Waals surface area contributed by atoms with Gasteiger partial charge in [0.25, 0.3) is 0 Å². The minimum Gasteiger partial charge on any atom is -0.444 e. The molecule has 7 heteroatoms. The summed E-state index contributed by atoms with van der Waals surface area (Å²) in [5.74, 6) is 0. The number of carbonyl (C=O) groups is 1. The molecule has 0 radical (unpaired) electrons. The number of halogens is 1. The number of anilines is 1. The van der Waals surface area contributed by atoms with E-state index in [1.165, 1.54) is 0 Å². The molecule has 2 aromatic rings. The highest BCUT2D eigenvalue weighted by atomic mass is 35.5. The van der Waals surface area contributed by atoms with Crippen LogP contribution in [-0.2, 0) is 11.3 Å². The number of carbonyl (C=O) groups excluding carboxylic acids is 1. The minimum atomic E-state index is -2.01. The molecule has 1 N–H and O–H groups in total. The average molecular weight is 480 g/mol. The quantitative estimate of drug-likeness (QED) is 0.413. The third-order valence-electron chi connectivity index (χ3n) is 6.30. The SMILES string of the molecule is CC(C)[Si](C(C)C)(C(C)C)n1cc(CN(C)C)c2c(NC(=O)OC(C)(C)C)c(Cl)ccc21. The van der Waals surface area contributed by atoms with Crippen LogP contribution in [0.3, 0.4) is 0 Å². The van der Waals surface area contributed by atoms with Crippen LogP contribution in [0.5, 0.6) is 0 Å². The number of nitrogens with one attached hydrogen (secondary N) is 1. The highest BCUT2D eigenvalue weighted by Gasteiger charge is 2.46. The zero-order chi connectivity index (χ0) is 24.6. The molecular formula is C25H42ClN3O2Si. The average Bonchev–Trinajstić information content (AvgIpc) is 2.93. The summed E-state index contributed by atoms with van der Waals surface area (Å²) in [7, 11) is 2.12. The standard InChI is InChI=1S/C25H42ClN3O2Si/c1-16(2)32(17(3)4,18(5)6)29-15-19(14-28(10)11)22-21(29)13-12-20(26)23(22)27-24(30)31-25(7,8)9/h12-13,15-18H,14H2,1-11H3,(H,27,30). The molecule has 2 rings (SSSR count). The number of aromatic nitrogens is 1. The second kappa shape index (κ2) is 9.78. The van der Waals surface area contributed by atoms with E-state index >= 15 is 0 Å². The molecule has 0 unspecified atom stereocenters. The number of nitrogens with zero attached hydrogens (tertiary/aromatic N) is 2. The molecule has 1 aromatic heterocycles. The van der Waals surface area contributed by atoms with Crippen LogP contribution in [0, 0.1) is 0 Å². The predicted molar refractivity (Wildman–Crippen MR) is 141 cm³/mol.